The van der Waals surface area contributed by atoms with Crippen LogP contribution in [0.2, 0.25) is 0 Å². The van der Waals surface area contributed by atoms with Gasteiger partial charge in [-0.2, -0.15) is 0 Å². The Morgan fingerprint density at radius 3 is 1.87 bits per heavy atom. The number of hydrogen-bond acceptors (Lipinski definition) is 12. The number of nitrogens with zero attached hydrogens (tertiary/aromatic N) is 1. The number of carbonyl (C=O) groups excluding carboxylic acids is 8. The molecule has 1 rings (SSSR count). The molecule has 52 heavy (non-hydrogen) atoms. The van der Waals surface area contributed by atoms with Crippen LogP contribution in [0.4, 0.5) is 0 Å². The van der Waals surface area contributed by atoms with Crippen molar-refractivity contribution in [1.82, 2.24) is 41.9 Å². The van der Waals surface area contributed by atoms with Gasteiger partial charge in [0.05, 0.1) is 19.5 Å². The van der Waals surface area contributed by atoms with Crippen LogP contribution in [0.15, 0.2) is 12.5 Å². The average Bonchev–Trinajstić information content (AvgIpc) is 3.60. The van der Waals surface area contributed by atoms with E-state index in [0.29, 0.717) is 44.5 Å². The smallest absolute Gasteiger partial charge is 0.328 e. The maximum Gasteiger partial charge on any atom is 0.328 e. The number of amides is 7. The molecule has 0 saturated carbocycles. The number of aromatic amines is 1. The summed E-state index contributed by atoms with van der Waals surface area (Å²) in [4.78, 5) is 108. The van der Waals surface area contributed by atoms with Crippen molar-refractivity contribution >= 4 is 47.3 Å². The molecule has 0 bridgehead atoms. The Bertz CT molecular complexity index is 1330. The predicted octanol–water partition coefficient (Wildman–Crippen LogP) is -3.38. The summed E-state index contributed by atoms with van der Waals surface area (Å²) in [5.41, 5.74) is 17.0. The Labute approximate surface area is 302 Å². The van der Waals surface area contributed by atoms with Crippen LogP contribution in [0.3, 0.4) is 0 Å². The second-order valence-corrected chi connectivity index (χ2v) is 12.1. The maximum absolute atomic E-state index is 13.7. The number of unbranched alkanes of at least 4 members (excludes halogenated alkanes) is 2. The minimum atomic E-state index is -1.18. The second-order valence-electron chi connectivity index (χ2n) is 12.1. The van der Waals surface area contributed by atoms with Gasteiger partial charge in [-0.05, 0) is 71.9 Å². The van der Waals surface area contributed by atoms with Crippen molar-refractivity contribution in [2.24, 2.45) is 17.2 Å². The largest absolute Gasteiger partial charge is 0.464 e. The van der Waals surface area contributed by atoms with E-state index in [0.717, 1.165) is 0 Å². The van der Waals surface area contributed by atoms with E-state index in [9.17, 15) is 38.4 Å². The van der Waals surface area contributed by atoms with Crippen LogP contribution in [-0.4, -0.2) is 114 Å². The van der Waals surface area contributed by atoms with Gasteiger partial charge in [0.1, 0.15) is 30.2 Å². The molecule has 1 aromatic heterocycles. The fourth-order valence-electron chi connectivity index (χ4n) is 4.87. The molecule has 1 aromatic rings. The van der Waals surface area contributed by atoms with Crippen molar-refractivity contribution in [1.29, 1.82) is 0 Å². The minimum Gasteiger partial charge on any atom is -0.464 e. The lowest BCUT2D eigenvalue weighted by molar-refractivity contribution is -0.147. The number of esters is 1. The van der Waals surface area contributed by atoms with Crippen LogP contribution in [0.25, 0.3) is 0 Å². The van der Waals surface area contributed by atoms with E-state index in [1.165, 1.54) is 26.4 Å². The van der Waals surface area contributed by atoms with E-state index in [4.69, 9.17) is 21.9 Å². The average molecular weight is 738 g/mol. The molecule has 0 radical (unpaired) electrons. The summed E-state index contributed by atoms with van der Waals surface area (Å²) in [5.74, 6) is -5.41. The van der Waals surface area contributed by atoms with Gasteiger partial charge in [0.2, 0.25) is 41.4 Å². The van der Waals surface area contributed by atoms with Crippen LogP contribution in [0.1, 0.15) is 77.8 Å². The summed E-state index contributed by atoms with van der Waals surface area (Å²) in [6.45, 7) is 4.39. The molecule has 0 aromatic carbocycles. The van der Waals surface area contributed by atoms with E-state index >= 15 is 0 Å². The monoisotopic (exact) mass is 737 g/mol. The molecule has 0 fully saturated rings. The number of hydrogen-bond donors (Lipinski definition) is 10. The van der Waals surface area contributed by atoms with Gasteiger partial charge in [0, 0.05) is 31.7 Å². The summed E-state index contributed by atoms with van der Waals surface area (Å²) in [7, 11) is 0. The standard InChI is InChI=1S/C32H55N11O9/c1-4-52-32(51)24(11-12-26(35)45)40-27(46)17-37-29(48)22(9-5-7-13-33)41-30(49)23(10-6-8-14-34)42-31(50)25(15-21-16-36-18-38-21)43-28(47)19(2)39-20(3)44/h16,18-19,22-25H,4-15,17,33-34H2,1-3H3,(H2,35,45)(H,36,38)(H,37,48)(H,39,44)(H,40,46)(H,41,49)(H,42,50)(H,43,47)/t19-,22-,23-,24-,25-/m0/s1. The van der Waals surface area contributed by atoms with Crippen molar-refractivity contribution in [3.05, 3.63) is 18.2 Å². The van der Waals surface area contributed by atoms with Gasteiger partial charge in [0.15, 0.2) is 0 Å². The van der Waals surface area contributed by atoms with E-state index in [1.807, 2.05) is 0 Å². The lowest BCUT2D eigenvalue weighted by Gasteiger charge is -2.26. The highest BCUT2D eigenvalue weighted by Crippen LogP contribution is 2.08. The molecule has 7 amide bonds. The highest BCUT2D eigenvalue weighted by atomic mass is 16.5. The number of rotatable bonds is 26. The van der Waals surface area contributed by atoms with Crippen LogP contribution < -0.4 is 49.1 Å². The molecular formula is C32H55N11O9. The van der Waals surface area contributed by atoms with Gasteiger partial charge < -0.3 is 58.8 Å². The van der Waals surface area contributed by atoms with Gasteiger partial charge in [-0.15, -0.1) is 0 Å². The molecule has 0 spiro atoms. The second kappa shape index (κ2) is 24.9. The molecule has 1 heterocycles. The first-order valence-corrected chi connectivity index (χ1v) is 17.3. The number of primary amides is 1. The maximum atomic E-state index is 13.7. The van der Waals surface area contributed by atoms with Gasteiger partial charge in [-0.25, -0.2) is 9.78 Å². The summed E-state index contributed by atoms with van der Waals surface area (Å²) < 4.78 is 4.94. The molecule has 0 aliphatic rings. The summed E-state index contributed by atoms with van der Waals surface area (Å²) >= 11 is 0. The number of aromatic nitrogens is 2. The molecular weight excluding hydrogens is 682 g/mol. The molecule has 0 unspecified atom stereocenters. The predicted molar refractivity (Wildman–Crippen MR) is 187 cm³/mol. The van der Waals surface area contributed by atoms with E-state index in [-0.39, 0.29) is 38.7 Å². The molecule has 0 aliphatic heterocycles. The number of H-pyrrole nitrogens is 1. The number of carbonyl (C=O) groups is 8. The first-order valence-electron chi connectivity index (χ1n) is 17.3. The molecule has 5 atom stereocenters. The lowest BCUT2D eigenvalue weighted by Crippen LogP contribution is -2.58. The van der Waals surface area contributed by atoms with Crippen molar-refractivity contribution in [2.75, 3.05) is 26.2 Å². The first-order chi connectivity index (χ1) is 24.7. The van der Waals surface area contributed by atoms with E-state index in [2.05, 4.69) is 41.9 Å². The van der Waals surface area contributed by atoms with Crippen LogP contribution in [0.5, 0.6) is 0 Å². The summed E-state index contributed by atoms with van der Waals surface area (Å²) in [6.07, 6.45) is 4.77. The van der Waals surface area contributed by atoms with E-state index < -0.39 is 84.1 Å². The number of imidazole rings is 1. The van der Waals surface area contributed by atoms with Crippen molar-refractivity contribution in [3.63, 3.8) is 0 Å². The molecule has 20 heteroatoms. The van der Waals surface area contributed by atoms with Crippen molar-refractivity contribution in [3.8, 4) is 0 Å². The quantitative estimate of drug-likeness (QED) is 0.0329. The van der Waals surface area contributed by atoms with Crippen LogP contribution >= 0.6 is 0 Å². The summed E-state index contributed by atoms with van der Waals surface area (Å²) in [5, 5.41) is 15.2. The Morgan fingerprint density at radius 1 is 0.769 bits per heavy atom. The highest BCUT2D eigenvalue weighted by molar-refractivity contribution is 5.96. The number of ether oxygens (including phenoxy) is 1. The Balaban J connectivity index is 3.13. The van der Waals surface area contributed by atoms with Gasteiger partial charge >= 0.3 is 5.97 Å². The topological polar surface area (TPSA) is 325 Å². The Morgan fingerprint density at radius 2 is 1.35 bits per heavy atom. The lowest BCUT2D eigenvalue weighted by atomic mass is 10.0. The minimum absolute atomic E-state index is 0.0206. The zero-order valence-electron chi connectivity index (χ0n) is 30.1. The first kappa shape index (κ1) is 44.9. The third-order valence-corrected chi connectivity index (χ3v) is 7.59. The SMILES string of the molecule is CCOC(=O)[C@H](CCC(N)=O)NC(=O)CNC(=O)[C@H](CCCCN)NC(=O)[C@H](CCCCN)NC(=O)[C@H](Cc1cnc[nH]1)NC(=O)[C@H](C)NC(C)=O. The van der Waals surface area contributed by atoms with Crippen molar-refractivity contribution in [2.45, 2.75) is 109 Å². The molecule has 0 saturated heterocycles. The van der Waals surface area contributed by atoms with Crippen molar-refractivity contribution < 1.29 is 43.1 Å². The van der Waals surface area contributed by atoms with Gasteiger partial charge in [-0.1, -0.05) is 0 Å². The van der Waals surface area contributed by atoms with Gasteiger partial charge in [-0.3, -0.25) is 33.6 Å². The normalized spacial score (nSPS) is 13.6. The summed E-state index contributed by atoms with van der Waals surface area (Å²) in [6, 6.07) is -5.62. The molecule has 20 nitrogen and oxygen atoms in total. The fourth-order valence-corrected chi connectivity index (χ4v) is 4.87. The van der Waals surface area contributed by atoms with E-state index in [1.54, 1.807) is 6.92 Å². The Kier molecular flexibility index (Phi) is 21.5. The fraction of sp³-hybridized carbons (Fsp3) is 0.656. The molecule has 292 valence electrons. The van der Waals surface area contributed by atoms with Crippen LogP contribution in [-0.2, 0) is 49.5 Å². The van der Waals surface area contributed by atoms with Crippen LogP contribution in [0, 0.1) is 0 Å². The zero-order valence-corrected chi connectivity index (χ0v) is 30.1. The number of nitrogens with one attached hydrogen (secondary N) is 7. The number of nitrogens with two attached hydrogens (primary N) is 3. The zero-order chi connectivity index (χ0) is 39.1. The van der Waals surface area contributed by atoms with Gasteiger partial charge in [0.25, 0.3) is 0 Å². The molecule has 0 aliphatic carbocycles. The third kappa shape index (κ3) is 18.2. The Hall–Kier alpha value is -5.11. The highest BCUT2D eigenvalue weighted by Gasteiger charge is 2.31. The third-order valence-electron chi connectivity index (χ3n) is 7.59. The molecule has 13 N–H and O–H groups in total.